The summed E-state index contributed by atoms with van der Waals surface area (Å²) >= 11 is 0. The van der Waals surface area contributed by atoms with Crippen molar-refractivity contribution in [3.8, 4) is 0 Å². The van der Waals surface area contributed by atoms with Crippen LogP contribution in [0.3, 0.4) is 0 Å². The number of nitrogens with one attached hydrogen (secondary N) is 2. The highest BCUT2D eigenvalue weighted by molar-refractivity contribution is 5.90. The van der Waals surface area contributed by atoms with E-state index in [1.807, 2.05) is 18.7 Å². The summed E-state index contributed by atoms with van der Waals surface area (Å²) in [6, 6.07) is -0.269. The van der Waals surface area contributed by atoms with E-state index in [1.165, 1.54) is 0 Å². The minimum atomic E-state index is -0.377. The van der Waals surface area contributed by atoms with Crippen molar-refractivity contribution in [3.63, 3.8) is 0 Å². The molecule has 2 aliphatic rings. The van der Waals surface area contributed by atoms with Crippen molar-refractivity contribution in [2.45, 2.75) is 51.6 Å². The van der Waals surface area contributed by atoms with Gasteiger partial charge in [-0.15, -0.1) is 0 Å². The molecule has 0 spiro atoms. The molecule has 3 amide bonds. The Kier molecular flexibility index (Phi) is 4.62. The lowest BCUT2D eigenvalue weighted by Gasteiger charge is -2.33. The molecule has 6 heteroatoms. The monoisotopic (exact) mass is 281 g/mol. The van der Waals surface area contributed by atoms with E-state index in [-0.39, 0.29) is 35.7 Å². The molecule has 1 atom stereocenters. The average molecular weight is 281 g/mol. The Morgan fingerprint density at radius 3 is 2.40 bits per heavy atom. The van der Waals surface area contributed by atoms with Crippen molar-refractivity contribution in [2.75, 3.05) is 13.1 Å². The second-order valence-corrected chi connectivity index (χ2v) is 5.92. The summed E-state index contributed by atoms with van der Waals surface area (Å²) in [5, 5.41) is 5.65. The normalized spacial score (nSPS) is 23.9. The molecule has 0 aromatic heterocycles. The van der Waals surface area contributed by atoms with Crippen LogP contribution < -0.4 is 10.6 Å². The van der Waals surface area contributed by atoms with Gasteiger partial charge in [0.2, 0.25) is 17.7 Å². The van der Waals surface area contributed by atoms with E-state index in [0.717, 1.165) is 12.8 Å². The van der Waals surface area contributed by atoms with Gasteiger partial charge in [0.15, 0.2) is 0 Å². The first kappa shape index (κ1) is 14.8. The highest BCUT2D eigenvalue weighted by Crippen LogP contribution is 2.14. The summed E-state index contributed by atoms with van der Waals surface area (Å²) in [4.78, 5) is 36.8. The second-order valence-electron chi connectivity index (χ2n) is 5.92. The molecule has 6 nitrogen and oxygen atoms in total. The molecular formula is C14H23N3O3. The van der Waals surface area contributed by atoms with Gasteiger partial charge < -0.3 is 15.5 Å². The Balaban J connectivity index is 1.75. The zero-order valence-corrected chi connectivity index (χ0v) is 12.1. The highest BCUT2D eigenvalue weighted by Gasteiger charge is 2.30. The number of rotatable bonds is 3. The zero-order valence-electron chi connectivity index (χ0n) is 12.1. The zero-order chi connectivity index (χ0) is 14.7. The number of carbonyl (C=O) groups is 3. The first-order valence-electron chi connectivity index (χ1n) is 7.36. The number of nitrogens with zero attached hydrogens (tertiary/aromatic N) is 1. The number of hydrogen-bond acceptors (Lipinski definition) is 3. The molecule has 0 aromatic rings. The van der Waals surface area contributed by atoms with Gasteiger partial charge in [-0.05, 0) is 19.3 Å². The Morgan fingerprint density at radius 1 is 1.25 bits per heavy atom. The quantitative estimate of drug-likeness (QED) is 0.766. The van der Waals surface area contributed by atoms with Crippen LogP contribution in [-0.2, 0) is 14.4 Å². The van der Waals surface area contributed by atoms with Gasteiger partial charge in [-0.2, -0.15) is 0 Å². The predicted octanol–water partition coefficient (Wildman–Crippen LogP) is 0.0282. The molecular weight excluding hydrogens is 258 g/mol. The molecule has 2 aliphatic heterocycles. The van der Waals surface area contributed by atoms with E-state index in [1.54, 1.807) is 0 Å². The maximum atomic E-state index is 12.0. The molecule has 0 aromatic carbocycles. The minimum Gasteiger partial charge on any atom is -0.351 e. The largest absolute Gasteiger partial charge is 0.351 e. The van der Waals surface area contributed by atoms with Crippen molar-refractivity contribution in [1.29, 1.82) is 0 Å². The first-order valence-corrected chi connectivity index (χ1v) is 7.36. The van der Waals surface area contributed by atoms with Crippen molar-refractivity contribution in [3.05, 3.63) is 0 Å². The predicted molar refractivity (Wildman–Crippen MR) is 73.7 cm³/mol. The third kappa shape index (κ3) is 3.49. The fourth-order valence-corrected chi connectivity index (χ4v) is 2.72. The average Bonchev–Trinajstić information content (AvgIpc) is 2.85. The van der Waals surface area contributed by atoms with E-state index in [2.05, 4.69) is 10.6 Å². The lowest BCUT2D eigenvalue weighted by Crippen LogP contribution is -2.51. The summed E-state index contributed by atoms with van der Waals surface area (Å²) in [5.41, 5.74) is 0. The van der Waals surface area contributed by atoms with E-state index >= 15 is 0 Å². The van der Waals surface area contributed by atoms with Crippen molar-refractivity contribution in [2.24, 2.45) is 5.92 Å². The molecule has 2 saturated heterocycles. The van der Waals surface area contributed by atoms with Crippen LogP contribution in [0.15, 0.2) is 0 Å². The van der Waals surface area contributed by atoms with Crippen LogP contribution in [0.2, 0.25) is 0 Å². The Bertz CT molecular complexity index is 400. The van der Waals surface area contributed by atoms with Gasteiger partial charge >= 0.3 is 0 Å². The van der Waals surface area contributed by atoms with Gasteiger partial charge in [0, 0.05) is 31.5 Å². The number of piperidine rings is 1. The van der Waals surface area contributed by atoms with Gasteiger partial charge in [-0.3, -0.25) is 14.4 Å². The Labute approximate surface area is 119 Å². The van der Waals surface area contributed by atoms with E-state index in [0.29, 0.717) is 25.9 Å². The second kappa shape index (κ2) is 6.24. The molecule has 2 heterocycles. The van der Waals surface area contributed by atoms with E-state index in [4.69, 9.17) is 0 Å². The van der Waals surface area contributed by atoms with E-state index < -0.39 is 0 Å². The highest BCUT2D eigenvalue weighted by atomic mass is 16.2. The van der Waals surface area contributed by atoms with Crippen LogP contribution in [0.4, 0.5) is 0 Å². The molecule has 20 heavy (non-hydrogen) atoms. The van der Waals surface area contributed by atoms with Crippen LogP contribution in [-0.4, -0.2) is 47.8 Å². The van der Waals surface area contributed by atoms with Crippen molar-refractivity contribution < 1.29 is 14.4 Å². The Morgan fingerprint density at radius 2 is 1.90 bits per heavy atom. The molecule has 0 aliphatic carbocycles. The lowest BCUT2D eigenvalue weighted by molar-refractivity contribution is -0.135. The standard InChI is InChI=1S/C14H23N3O3/c1-9(2)14(20)17-7-5-10(6-8-17)15-13(19)11-3-4-12(18)16-11/h9-11H,3-8H2,1-2H3,(H,15,19)(H,16,18). The number of amides is 3. The molecule has 1 unspecified atom stereocenters. The first-order chi connectivity index (χ1) is 9.47. The lowest BCUT2D eigenvalue weighted by atomic mass is 10.0. The summed E-state index contributed by atoms with van der Waals surface area (Å²) in [6.07, 6.45) is 2.57. The maximum absolute atomic E-state index is 12.0. The summed E-state index contributed by atoms with van der Waals surface area (Å²) in [6.45, 7) is 5.19. The van der Waals surface area contributed by atoms with Gasteiger partial charge in [0.1, 0.15) is 6.04 Å². The summed E-state index contributed by atoms with van der Waals surface area (Å²) in [5.74, 6) is 0.0552. The van der Waals surface area contributed by atoms with Crippen LogP contribution >= 0.6 is 0 Å². The molecule has 2 rings (SSSR count). The van der Waals surface area contributed by atoms with Crippen LogP contribution in [0.1, 0.15) is 39.5 Å². The molecule has 0 saturated carbocycles. The van der Waals surface area contributed by atoms with Crippen LogP contribution in [0.5, 0.6) is 0 Å². The molecule has 112 valence electrons. The van der Waals surface area contributed by atoms with Gasteiger partial charge in [-0.25, -0.2) is 0 Å². The number of likely N-dealkylation sites (tertiary alicyclic amines) is 1. The van der Waals surface area contributed by atoms with Crippen LogP contribution in [0, 0.1) is 5.92 Å². The van der Waals surface area contributed by atoms with Gasteiger partial charge in [-0.1, -0.05) is 13.8 Å². The fourth-order valence-electron chi connectivity index (χ4n) is 2.72. The van der Waals surface area contributed by atoms with Crippen molar-refractivity contribution in [1.82, 2.24) is 15.5 Å². The molecule has 2 fully saturated rings. The SMILES string of the molecule is CC(C)C(=O)N1CCC(NC(=O)C2CCC(=O)N2)CC1. The fraction of sp³-hybridized carbons (Fsp3) is 0.786. The third-order valence-corrected chi connectivity index (χ3v) is 3.96. The summed E-state index contributed by atoms with van der Waals surface area (Å²) < 4.78 is 0. The maximum Gasteiger partial charge on any atom is 0.242 e. The molecule has 0 bridgehead atoms. The molecule has 0 radical (unpaired) electrons. The Hall–Kier alpha value is -1.59. The summed E-state index contributed by atoms with van der Waals surface area (Å²) in [7, 11) is 0. The van der Waals surface area contributed by atoms with E-state index in [9.17, 15) is 14.4 Å². The van der Waals surface area contributed by atoms with Gasteiger partial charge in [0.25, 0.3) is 0 Å². The third-order valence-electron chi connectivity index (χ3n) is 3.96. The van der Waals surface area contributed by atoms with Crippen LogP contribution in [0.25, 0.3) is 0 Å². The topological polar surface area (TPSA) is 78.5 Å². The van der Waals surface area contributed by atoms with Gasteiger partial charge in [0.05, 0.1) is 0 Å². The smallest absolute Gasteiger partial charge is 0.242 e. The number of hydrogen-bond donors (Lipinski definition) is 2. The molecule has 2 N–H and O–H groups in total. The van der Waals surface area contributed by atoms with Crippen molar-refractivity contribution >= 4 is 17.7 Å². The number of carbonyl (C=O) groups excluding carboxylic acids is 3. The minimum absolute atomic E-state index is 0.0230.